The van der Waals surface area contributed by atoms with Crippen molar-refractivity contribution in [3.63, 3.8) is 0 Å². The fourth-order valence-corrected chi connectivity index (χ4v) is 2.50. The molecule has 0 N–H and O–H groups in total. The van der Waals surface area contributed by atoms with Gasteiger partial charge in [-0.3, -0.25) is 4.79 Å². The van der Waals surface area contributed by atoms with Crippen molar-refractivity contribution in [1.82, 2.24) is 14.8 Å². The molecule has 1 atom stereocenters. The number of esters is 1. The zero-order valence-electron chi connectivity index (χ0n) is 10.7. The minimum atomic E-state index is -0.136. The summed E-state index contributed by atoms with van der Waals surface area (Å²) in [5.74, 6) is 1.53. The quantitative estimate of drug-likeness (QED) is 0.769. The third kappa shape index (κ3) is 2.14. The maximum atomic E-state index is 11.6. The lowest BCUT2D eigenvalue weighted by molar-refractivity contribution is -0.145. The van der Waals surface area contributed by atoms with Gasteiger partial charge in [-0.05, 0) is 18.9 Å². The molecule has 3 heterocycles. The van der Waals surface area contributed by atoms with E-state index in [9.17, 15) is 4.79 Å². The summed E-state index contributed by atoms with van der Waals surface area (Å²) >= 11 is 0. The highest BCUT2D eigenvalue weighted by Gasteiger charge is 2.25. The van der Waals surface area contributed by atoms with Crippen molar-refractivity contribution >= 4 is 5.97 Å². The summed E-state index contributed by atoms with van der Waals surface area (Å²) in [5, 5.41) is 8.42. The average molecular weight is 261 g/mol. The second kappa shape index (κ2) is 4.87. The summed E-state index contributed by atoms with van der Waals surface area (Å²) < 4.78 is 12.0. The molecule has 2 aromatic rings. The van der Waals surface area contributed by atoms with Crippen molar-refractivity contribution in [3.8, 4) is 11.4 Å². The zero-order chi connectivity index (χ0) is 13.2. The number of nitrogens with zero attached hydrogens (tertiary/aromatic N) is 3. The van der Waals surface area contributed by atoms with Crippen LogP contribution in [0.15, 0.2) is 23.0 Å². The van der Waals surface area contributed by atoms with Crippen LogP contribution in [-0.4, -0.2) is 27.8 Å². The number of methoxy groups -OCH3 is 1. The number of carbonyl (C=O) groups is 1. The van der Waals surface area contributed by atoms with E-state index in [1.165, 1.54) is 7.11 Å². The van der Waals surface area contributed by atoms with Crippen molar-refractivity contribution < 1.29 is 13.9 Å². The van der Waals surface area contributed by atoms with Gasteiger partial charge in [0.2, 0.25) is 0 Å². The molecule has 0 saturated carbocycles. The van der Waals surface area contributed by atoms with Gasteiger partial charge in [-0.15, -0.1) is 10.2 Å². The number of aryl methyl sites for hydroxylation is 1. The molecule has 6 heteroatoms. The predicted octanol–water partition coefficient (Wildman–Crippen LogP) is 1.66. The van der Waals surface area contributed by atoms with Gasteiger partial charge in [0.05, 0.1) is 24.9 Å². The van der Waals surface area contributed by atoms with Gasteiger partial charge in [0.1, 0.15) is 12.1 Å². The third-order valence-corrected chi connectivity index (χ3v) is 3.56. The highest BCUT2D eigenvalue weighted by atomic mass is 16.5. The molecular weight excluding hydrogens is 246 g/mol. The lowest BCUT2D eigenvalue weighted by atomic mass is 10.0. The molecule has 1 aliphatic rings. The molecule has 3 rings (SSSR count). The van der Waals surface area contributed by atoms with E-state index in [2.05, 4.69) is 14.8 Å². The van der Waals surface area contributed by atoms with Crippen LogP contribution >= 0.6 is 0 Å². The van der Waals surface area contributed by atoms with Gasteiger partial charge in [-0.1, -0.05) is 0 Å². The van der Waals surface area contributed by atoms with Gasteiger partial charge >= 0.3 is 5.97 Å². The minimum Gasteiger partial charge on any atom is -0.472 e. The molecule has 0 aliphatic carbocycles. The Morgan fingerprint density at radius 1 is 1.47 bits per heavy atom. The molecule has 0 amide bonds. The highest BCUT2D eigenvalue weighted by Crippen LogP contribution is 2.25. The number of hydrogen-bond acceptors (Lipinski definition) is 5. The molecule has 6 nitrogen and oxygen atoms in total. The first-order valence-electron chi connectivity index (χ1n) is 6.32. The molecule has 2 aromatic heterocycles. The summed E-state index contributed by atoms with van der Waals surface area (Å²) in [7, 11) is 1.43. The normalized spacial score (nSPS) is 18.7. The highest BCUT2D eigenvalue weighted by molar-refractivity contribution is 5.72. The van der Waals surface area contributed by atoms with E-state index < -0.39 is 0 Å². The first-order valence-corrected chi connectivity index (χ1v) is 6.32. The van der Waals surface area contributed by atoms with E-state index in [0.717, 1.165) is 43.0 Å². The summed E-state index contributed by atoms with van der Waals surface area (Å²) in [6.07, 6.45) is 5.52. The summed E-state index contributed by atoms with van der Waals surface area (Å²) in [5.41, 5.74) is 0.912. The van der Waals surface area contributed by atoms with Crippen molar-refractivity contribution in [2.24, 2.45) is 5.92 Å². The largest absolute Gasteiger partial charge is 0.472 e. The molecule has 1 aliphatic heterocycles. The number of hydrogen-bond donors (Lipinski definition) is 0. The van der Waals surface area contributed by atoms with Gasteiger partial charge in [0.15, 0.2) is 5.82 Å². The lowest BCUT2D eigenvalue weighted by Crippen LogP contribution is -2.16. The molecule has 0 radical (unpaired) electrons. The Morgan fingerprint density at radius 3 is 3.11 bits per heavy atom. The topological polar surface area (TPSA) is 70.2 Å². The van der Waals surface area contributed by atoms with E-state index in [0.29, 0.717) is 0 Å². The molecule has 0 saturated heterocycles. The second-order valence-corrected chi connectivity index (χ2v) is 4.65. The number of ether oxygens (including phenoxy) is 1. The van der Waals surface area contributed by atoms with Crippen molar-refractivity contribution in [2.75, 3.05) is 7.11 Å². The van der Waals surface area contributed by atoms with E-state index in [1.54, 1.807) is 12.5 Å². The first kappa shape index (κ1) is 12.0. The van der Waals surface area contributed by atoms with Crippen molar-refractivity contribution in [3.05, 3.63) is 24.4 Å². The van der Waals surface area contributed by atoms with Crippen LogP contribution < -0.4 is 0 Å². The fourth-order valence-electron chi connectivity index (χ4n) is 2.50. The third-order valence-electron chi connectivity index (χ3n) is 3.56. The number of carbonyl (C=O) groups excluding carboxylic acids is 1. The van der Waals surface area contributed by atoms with Gasteiger partial charge < -0.3 is 13.7 Å². The van der Waals surface area contributed by atoms with Crippen molar-refractivity contribution in [2.45, 2.75) is 25.8 Å². The molecule has 0 spiro atoms. The summed E-state index contributed by atoms with van der Waals surface area (Å²) in [6.45, 7) is 0.725. The van der Waals surface area contributed by atoms with E-state index in [1.807, 2.05) is 6.07 Å². The Morgan fingerprint density at radius 2 is 2.37 bits per heavy atom. The van der Waals surface area contributed by atoms with Gasteiger partial charge in [-0.2, -0.15) is 0 Å². The van der Waals surface area contributed by atoms with Crippen LogP contribution in [0.2, 0.25) is 0 Å². The van der Waals surface area contributed by atoms with Crippen molar-refractivity contribution in [1.29, 1.82) is 0 Å². The molecular formula is C13H15N3O3. The van der Waals surface area contributed by atoms with Crippen LogP contribution in [0.4, 0.5) is 0 Å². The molecule has 19 heavy (non-hydrogen) atoms. The standard InChI is InChI=1S/C13H15N3O3/c1-18-13(17)9-2-3-11-14-15-12(16(11)6-4-9)10-5-7-19-8-10/h5,7-9H,2-4,6H2,1H3. The SMILES string of the molecule is COC(=O)C1CCc2nnc(-c3ccoc3)n2CC1. The van der Waals surface area contributed by atoms with E-state index in [-0.39, 0.29) is 11.9 Å². The van der Waals surface area contributed by atoms with E-state index >= 15 is 0 Å². The molecule has 0 fully saturated rings. The van der Waals surface area contributed by atoms with E-state index in [4.69, 9.17) is 9.15 Å². The van der Waals surface area contributed by atoms with Gasteiger partial charge in [-0.25, -0.2) is 0 Å². The minimum absolute atomic E-state index is 0.0519. The van der Waals surface area contributed by atoms with Crippen LogP contribution in [0.5, 0.6) is 0 Å². The average Bonchev–Trinajstić information content (AvgIpc) is 3.03. The number of fused-ring (bicyclic) bond motifs is 1. The maximum Gasteiger partial charge on any atom is 0.308 e. The Labute approximate surface area is 110 Å². The van der Waals surface area contributed by atoms with Crippen LogP contribution in [0.3, 0.4) is 0 Å². The summed E-state index contributed by atoms with van der Waals surface area (Å²) in [6, 6.07) is 1.86. The zero-order valence-corrected chi connectivity index (χ0v) is 10.7. The van der Waals surface area contributed by atoms with Gasteiger partial charge in [0, 0.05) is 13.0 Å². The first-order chi connectivity index (χ1) is 9.29. The maximum absolute atomic E-state index is 11.6. The fraction of sp³-hybridized carbons (Fsp3) is 0.462. The van der Waals surface area contributed by atoms with Crippen LogP contribution in [0, 0.1) is 5.92 Å². The Bertz CT molecular complexity index is 574. The Balaban J connectivity index is 1.86. The number of aromatic nitrogens is 3. The molecule has 100 valence electrons. The predicted molar refractivity (Wildman–Crippen MR) is 66.2 cm³/mol. The Hall–Kier alpha value is -2.11. The second-order valence-electron chi connectivity index (χ2n) is 4.65. The number of rotatable bonds is 2. The van der Waals surface area contributed by atoms with Crippen LogP contribution in [0.25, 0.3) is 11.4 Å². The monoisotopic (exact) mass is 261 g/mol. The molecule has 0 bridgehead atoms. The smallest absolute Gasteiger partial charge is 0.308 e. The van der Waals surface area contributed by atoms with Crippen LogP contribution in [-0.2, 0) is 22.5 Å². The Kier molecular flexibility index (Phi) is 3.06. The lowest BCUT2D eigenvalue weighted by Gasteiger charge is -2.10. The number of furan rings is 1. The van der Waals surface area contributed by atoms with Gasteiger partial charge in [0.25, 0.3) is 0 Å². The summed E-state index contributed by atoms with van der Waals surface area (Å²) in [4.78, 5) is 11.6. The molecule has 0 aromatic carbocycles. The molecule has 1 unspecified atom stereocenters. The van der Waals surface area contributed by atoms with Crippen LogP contribution in [0.1, 0.15) is 18.7 Å².